The number of benzene rings is 2. The Bertz CT molecular complexity index is 685. The molecule has 0 unspecified atom stereocenters. The van der Waals surface area contributed by atoms with Crippen molar-refractivity contribution in [2.75, 3.05) is 0 Å². The Morgan fingerprint density at radius 1 is 1.15 bits per heavy atom. The van der Waals surface area contributed by atoms with E-state index >= 15 is 0 Å². The first-order chi connectivity index (χ1) is 9.47. The molecular formula is C13H8Cl2N2O3. The summed E-state index contributed by atoms with van der Waals surface area (Å²) in [7, 11) is 0. The fourth-order valence-electron chi connectivity index (χ4n) is 1.51. The van der Waals surface area contributed by atoms with Crippen molar-refractivity contribution >= 4 is 40.8 Å². The average molecular weight is 311 g/mol. The number of phenolic OH excluding ortho intramolecular Hbond substituents is 1. The molecule has 0 radical (unpaired) electrons. The van der Waals surface area contributed by atoms with E-state index in [2.05, 4.69) is 4.99 Å². The fourth-order valence-corrected chi connectivity index (χ4v) is 1.86. The van der Waals surface area contributed by atoms with Crippen molar-refractivity contribution in [3.63, 3.8) is 0 Å². The Balaban J connectivity index is 2.38. The zero-order chi connectivity index (χ0) is 14.7. The number of hydrogen-bond donors (Lipinski definition) is 1. The van der Waals surface area contributed by atoms with Gasteiger partial charge in [-0.2, -0.15) is 0 Å². The van der Waals surface area contributed by atoms with Gasteiger partial charge in [0, 0.05) is 27.9 Å². The quantitative estimate of drug-likeness (QED) is 0.520. The van der Waals surface area contributed by atoms with Gasteiger partial charge in [0.25, 0.3) is 0 Å². The molecule has 0 saturated carbocycles. The molecule has 0 atom stereocenters. The molecule has 5 nitrogen and oxygen atoms in total. The van der Waals surface area contributed by atoms with Crippen LogP contribution in [0, 0.1) is 10.1 Å². The molecule has 0 aliphatic heterocycles. The largest absolute Gasteiger partial charge is 0.502 e. The normalized spacial score (nSPS) is 10.9. The van der Waals surface area contributed by atoms with E-state index in [9.17, 15) is 15.2 Å². The first kappa shape index (κ1) is 14.3. The van der Waals surface area contributed by atoms with Gasteiger partial charge in [-0.1, -0.05) is 23.2 Å². The van der Waals surface area contributed by atoms with Crippen molar-refractivity contribution in [2.45, 2.75) is 0 Å². The van der Waals surface area contributed by atoms with Crippen LogP contribution in [0.1, 0.15) is 5.56 Å². The lowest BCUT2D eigenvalue weighted by atomic mass is 10.2. The summed E-state index contributed by atoms with van der Waals surface area (Å²) in [6.07, 6.45) is 1.30. The second kappa shape index (κ2) is 5.90. The zero-order valence-corrected chi connectivity index (χ0v) is 11.5. The van der Waals surface area contributed by atoms with Crippen LogP contribution in [0.15, 0.2) is 41.4 Å². The van der Waals surface area contributed by atoms with Crippen molar-refractivity contribution < 1.29 is 10.0 Å². The number of nitrogens with zero attached hydrogens (tertiary/aromatic N) is 2. The minimum absolute atomic E-state index is 0.145. The maximum atomic E-state index is 10.8. The number of nitro benzene ring substituents is 1. The van der Waals surface area contributed by atoms with Gasteiger partial charge >= 0.3 is 5.69 Å². The second-order valence-electron chi connectivity index (χ2n) is 3.85. The van der Waals surface area contributed by atoms with Crippen LogP contribution in [-0.2, 0) is 0 Å². The Morgan fingerprint density at radius 3 is 2.40 bits per heavy atom. The van der Waals surface area contributed by atoms with Gasteiger partial charge in [0.15, 0.2) is 0 Å². The van der Waals surface area contributed by atoms with Gasteiger partial charge in [-0.25, -0.2) is 0 Å². The lowest BCUT2D eigenvalue weighted by Gasteiger charge is -2.01. The third kappa shape index (κ3) is 3.26. The number of aromatic hydroxyl groups is 1. The van der Waals surface area contributed by atoms with Crippen molar-refractivity contribution in [1.29, 1.82) is 0 Å². The van der Waals surface area contributed by atoms with Crippen molar-refractivity contribution in [3.8, 4) is 5.75 Å². The number of rotatable bonds is 3. The van der Waals surface area contributed by atoms with Crippen LogP contribution >= 0.6 is 23.2 Å². The molecule has 1 N–H and O–H groups in total. The molecule has 20 heavy (non-hydrogen) atoms. The van der Waals surface area contributed by atoms with Crippen LogP contribution in [0.4, 0.5) is 11.4 Å². The Morgan fingerprint density at radius 2 is 1.80 bits per heavy atom. The number of halogens is 2. The summed E-state index contributed by atoms with van der Waals surface area (Å²) in [6, 6.07) is 9.15. The molecule has 102 valence electrons. The molecule has 2 aromatic carbocycles. The van der Waals surface area contributed by atoms with Gasteiger partial charge in [0.1, 0.15) is 0 Å². The Hall–Kier alpha value is -2.11. The van der Waals surface area contributed by atoms with Crippen molar-refractivity contribution in [1.82, 2.24) is 0 Å². The fraction of sp³-hybridized carbons (Fsp3) is 0. The highest BCUT2D eigenvalue weighted by Crippen LogP contribution is 2.32. The van der Waals surface area contributed by atoms with E-state index in [1.54, 1.807) is 24.3 Å². The molecule has 0 bridgehead atoms. The third-order valence-corrected chi connectivity index (χ3v) is 2.93. The molecule has 0 aliphatic rings. The second-order valence-corrected chi connectivity index (χ2v) is 4.73. The molecule has 0 heterocycles. The number of hydrogen-bond acceptors (Lipinski definition) is 4. The van der Waals surface area contributed by atoms with Crippen LogP contribution in [-0.4, -0.2) is 16.2 Å². The first-order valence-electron chi connectivity index (χ1n) is 5.44. The van der Waals surface area contributed by atoms with Gasteiger partial charge in [-0.05, 0) is 30.3 Å². The minimum atomic E-state index is -0.707. The van der Waals surface area contributed by atoms with Crippen molar-refractivity contribution in [2.24, 2.45) is 4.99 Å². The topological polar surface area (TPSA) is 75.7 Å². The highest BCUT2D eigenvalue weighted by molar-refractivity contribution is 6.31. The highest BCUT2D eigenvalue weighted by atomic mass is 35.5. The summed E-state index contributed by atoms with van der Waals surface area (Å²) in [5.41, 5.74) is 0.297. The zero-order valence-electron chi connectivity index (χ0n) is 9.96. The molecule has 2 rings (SSSR count). The summed E-state index contributed by atoms with van der Waals surface area (Å²) in [5, 5.41) is 21.3. The maximum Gasteiger partial charge on any atom is 0.312 e. The molecule has 0 amide bonds. The van der Waals surface area contributed by atoms with Crippen LogP contribution < -0.4 is 0 Å². The van der Waals surface area contributed by atoms with E-state index < -0.39 is 16.4 Å². The smallest absolute Gasteiger partial charge is 0.312 e. The van der Waals surface area contributed by atoms with E-state index in [0.717, 1.165) is 6.07 Å². The summed E-state index contributed by atoms with van der Waals surface area (Å²) in [4.78, 5) is 14.2. The lowest BCUT2D eigenvalue weighted by Crippen LogP contribution is -1.92. The first-order valence-corrected chi connectivity index (χ1v) is 6.19. The number of aliphatic imine (C=N–C) groups is 1. The standard InChI is InChI=1S/C13H8Cl2N2O3/c14-9-1-3-11(4-2-9)16-7-8-5-10(15)6-12(13(8)18)17(19)20/h1-7,18H. The van der Waals surface area contributed by atoms with Crippen LogP contribution in [0.25, 0.3) is 0 Å². The molecule has 0 fully saturated rings. The summed E-state index contributed by atoms with van der Waals surface area (Å²) >= 11 is 11.5. The van der Waals surface area contributed by atoms with Crippen molar-refractivity contribution in [3.05, 3.63) is 62.1 Å². The van der Waals surface area contributed by atoms with E-state index in [4.69, 9.17) is 23.2 Å². The Labute approximate surface area is 124 Å². The maximum absolute atomic E-state index is 10.8. The number of phenols is 1. The van der Waals surface area contributed by atoms with Crippen LogP contribution in [0.2, 0.25) is 10.0 Å². The molecular weight excluding hydrogens is 303 g/mol. The lowest BCUT2D eigenvalue weighted by molar-refractivity contribution is -0.385. The highest BCUT2D eigenvalue weighted by Gasteiger charge is 2.17. The summed E-state index contributed by atoms with van der Waals surface area (Å²) in [6.45, 7) is 0. The van der Waals surface area contributed by atoms with E-state index in [-0.39, 0.29) is 10.6 Å². The molecule has 0 spiro atoms. The number of nitro groups is 1. The molecule has 7 heteroatoms. The van der Waals surface area contributed by atoms with Crippen LogP contribution in [0.3, 0.4) is 0 Å². The van der Waals surface area contributed by atoms with E-state index in [1.807, 2.05) is 0 Å². The van der Waals surface area contributed by atoms with Gasteiger partial charge < -0.3 is 5.11 Å². The Kier molecular flexibility index (Phi) is 4.22. The predicted molar refractivity (Wildman–Crippen MR) is 78.5 cm³/mol. The summed E-state index contributed by atoms with van der Waals surface area (Å²) in [5.74, 6) is -0.475. The predicted octanol–water partition coefficient (Wildman–Crippen LogP) is 4.36. The molecule has 0 aromatic heterocycles. The van der Waals surface area contributed by atoms with Gasteiger partial charge in [0.2, 0.25) is 5.75 Å². The summed E-state index contributed by atoms with van der Waals surface area (Å²) < 4.78 is 0. The van der Waals surface area contributed by atoms with Gasteiger partial charge in [-0.3, -0.25) is 15.1 Å². The van der Waals surface area contributed by atoms with Crippen LogP contribution in [0.5, 0.6) is 5.75 Å². The minimum Gasteiger partial charge on any atom is -0.502 e. The SMILES string of the molecule is O=[N+]([O-])c1cc(Cl)cc(C=Nc2ccc(Cl)cc2)c1O. The third-order valence-electron chi connectivity index (χ3n) is 2.46. The molecule has 2 aromatic rings. The van der Waals surface area contributed by atoms with E-state index in [0.29, 0.717) is 10.7 Å². The van der Waals surface area contributed by atoms with E-state index in [1.165, 1.54) is 12.3 Å². The average Bonchev–Trinajstić information content (AvgIpc) is 2.41. The molecule has 0 saturated heterocycles. The monoisotopic (exact) mass is 310 g/mol. The van der Waals surface area contributed by atoms with Gasteiger partial charge in [0.05, 0.1) is 10.6 Å². The molecule has 0 aliphatic carbocycles. The van der Waals surface area contributed by atoms with Gasteiger partial charge in [-0.15, -0.1) is 0 Å².